The van der Waals surface area contributed by atoms with Crippen LogP contribution in [0.25, 0.3) is 0 Å². The van der Waals surface area contributed by atoms with Crippen molar-refractivity contribution in [2.24, 2.45) is 0 Å². The largest absolute Gasteiger partial charge is 0.494 e. The summed E-state index contributed by atoms with van der Waals surface area (Å²) in [6.07, 6.45) is 3.78. The minimum Gasteiger partial charge on any atom is -0.494 e. The van der Waals surface area contributed by atoms with Gasteiger partial charge in [0.05, 0.1) is 12.7 Å². The number of rotatable bonds is 2. The molecule has 0 aromatic heterocycles. The van der Waals surface area contributed by atoms with Crippen LogP contribution in [0, 0.1) is 0 Å². The van der Waals surface area contributed by atoms with Crippen LogP contribution in [-0.4, -0.2) is 17.8 Å². The molecule has 0 saturated heterocycles. The third kappa shape index (κ3) is 2.27. The van der Waals surface area contributed by atoms with Crippen molar-refractivity contribution in [2.75, 3.05) is 6.61 Å². The van der Waals surface area contributed by atoms with Crippen LogP contribution in [-0.2, 0) is 4.74 Å². The van der Waals surface area contributed by atoms with Crippen molar-refractivity contribution in [1.82, 2.24) is 0 Å². The predicted molar refractivity (Wildman–Crippen MR) is 47.4 cm³/mol. The lowest BCUT2D eigenvalue weighted by molar-refractivity contribution is 0.204. The van der Waals surface area contributed by atoms with Crippen molar-refractivity contribution >= 4 is 12.6 Å². The van der Waals surface area contributed by atoms with Crippen LogP contribution in [0.15, 0.2) is 22.8 Å². The van der Waals surface area contributed by atoms with E-state index in [0.29, 0.717) is 17.9 Å². The fourth-order valence-corrected chi connectivity index (χ4v) is 1.15. The highest BCUT2D eigenvalue weighted by molar-refractivity contribution is 7.84. The van der Waals surface area contributed by atoms with Gasteiger partial charge in [0.15, 0.2) is 0 Å². The Balaban J connectivity index is 2.59. The molecule has 1 N–H and O–H groups in total. The summed E-state index contributed by atoms with van der Waals surface area (Å²) in [5.74, 6) is 0.808. The molecule has 11 heavy (non-hydrogen) atoms. The summed E-state index contributed by atoms with van der Waals surface area (Å²) in [4.78, 5) is 0.677. The van der Waals surface area contributed by atoms with Crippen molar-refractivity contribution in [1.29, 1.82) is 0 Å². The van der Waals surface area contributed by atoms with Crippen molar-refractivity contribution in [2.45, 2.75) is 19.4 Å². The second-order valence-electron chi connectivity index (χ2n) is 2.36. The van der Waals surface area contributed by atoms with Crippen LogP contribution in [0.5, 0.6) is 0 Å². The third-order valence-corrected chi connectivity index (χ3v) is 1.91. The molecule has 1 aliphatic carbocycles. The van der Waals surface area contributed by atoms with E-state index in [1.165, 1.54) is 0 Å². The lowest BCUT2D eigenvalue weighted by atomic mass is 10.1. The van der Waals surface area contributed by atoms with Gasteiger partial charge in [-0.2, -0.15) is 0 Å². The Bertz CT molecular complexity index is 196. The molecule has 62 valence electrons. The maximum absolute atomic E-state index is 9.22. The Morgan fingerprint density at radius 3 is 3.09 bits per heavy atom. The first-order valence-corrected chi connectivity index (χ1v) is 4.10. The molecule has 1 aliphatic rings. The van der Waals surface area contributed by atoms with E-state index in [1.807, 2.05) is 13.0 Å². The highest BCUT2D eigenvalue weighted by Crippen LogP contribution is 2.20. The van der Waals surface area contributed by atoms with Gasteiger partial charge in [-0.15, -0.1) is 12.6 Å². The third-order valence-electron chi connectivity index (χ3n) is 1.48. The highest BCUT2D eigenvalue weighted by Gasteiger charge is 2.11. The maximum atomic E-state index is 9.22. The summed E-state index contributed by atoms with van der Waals surface area (Å²) in [5, 5.41) is 9.22. The molecule has 3 heteroatoms. The van der Waals surface area contributed by atoms with Crippen LogP contribution >= 0.6 is 12.6 Å². The number of hydrogen-bond donors (Lipinski definition) is 2. The summed E-state index contributed by atoms with van der Waals surface area (Å²) in [6, 6.07) is 0. The first-order valence-electron chi connectivity index (χ1n) is 3.65. The normalized spacial score (nSPS) is 24.1. The quantitative estimate of drug-likeness (QED) is 0.618. The van der Waals surface area contributed by atoms with E-state index in [9.17, 15) is 5.11 Å². The van der Waals surface area contributed by atoms with E-state index < -0.39 is 6.10 Å². The first kappa shape index (κ1) is 8.68. The smallest absolute Gasteiger partial charge is 0.116 e. The summed E-state index contributed by atoms with van der Waals surface area (Å²) < 4.78 is 5.23. The second kappa shape index (κ2) is 3.83. The van der Waals surface area contributed by atoms with Crippen molar-refractivity contribution < 1.29 is 9.84 Å². The van der Waals surface area contributed by atoms with Gasteiger partial charge in [0.1, 0.15) is 5.76 Å². The molecule has 0 heterocycles. The van der Waals surface area contributed by atoms with Gasteiger partial charge in [0.2, 0.25) is 0 Å². The van der Waals surface area contributed by atoms with Gasteiger partial charge in [-0.1, -0.05) is 0 Å². The molecule has 2 nitrogen and oxygen atoms in total. The predicted octanol–water partition coefficient (Wildman–Crippen LogP) is 1.49. The molecule has 0 aromatic carbocycles. The van der Waals surface area contributed by atoms with Gasteiger partial charge in [0.25, 0.3) is 0 Å². The topological polar surface area (TPSA) is 29.5 Å². The standard InChI is InChI=1S/C8H12O2S/c1-2-10-6-3-4-7(9)8(11)5-6/h3,5,7,9,11H,2,4H2,1H3. The molecular formula is C8H12O2S. The van der Waals surface area contributed by atoms with Gasteiger partial charge in [-0.25, -0.2) is 0 Å². The molecule has 0 amide bonds. The minimum absolute atomic E-state index is 0.442. The molecule has 0 fully saturated rings. The zero-order valence-corrected chi connectivity index (χ0v) is 7.34. The maximum Gasteiger partial charge on any atom is 0.116 e. The molecule has 0 aliphatic heterocycles. The van der Waals surface area contributed by atoms with Crippen molar-refractivity contribution in [3.8, 4) is 0 Å². The fraction of sp³-hybridized carbons (Fsp3) is 0.500. The Morgan fingerprint density at radius 1 is 1.82 bits per heavy atom. The molecule has 0 radical (unpaired) electrons. The summed E-state index contributed by atoms with van der Waals surface area (Å²) in [7, 11) is 0. The van der Waals surface area contributed by atoms with Crippen LogP contribution in [0.2, 0.25) is 0 Å². The van der Waals surface area contributed by atoms with Crippen molar-refractivity contribution in [3.63, 3.8) is 0 Å². The zero-order valence-electron chi connectivity index (χ0n) is 6.45. The summed E-state index contributed by atoms with van der Waals surface area (Å²) >= 11 is 4.10. The summed E-state index contributed by atoms with van der Waals surface area (Å²) in [5.41, 5.74) is 0. The lowest BCUT2D eigenvalue weighted by Gasteiger charge is -2.15. The number of thiol groups is 1. The monoisotopic (exact) mass is 172 g/mol. The van der Waals surface area contributed by atoms with Crippen molar-refractivity contribution in [3.05, 3.63) is 22.8 Å². The Morgan fingerprint density at radius 2 is 2.55 bits per heavy atom. The van der Waals surface area contributed by atoms with Crippen LogP contribution in [0.3, 0.4) is 0 Å². The van der Waals surface area contributed by atoms with Crippen LogP contribution < -0.4 is 0 Å². The number of aliphatic hydroxyl groups is 1. The van der Waals surface area contributed by atoms with Gasteiger partial charge in [0, 0.05) is 4.91 Å². The molecular weight excluding hydrogens is 160 g/mol. The summed E-state index contributed by atoms with van der Waals surface area (Å²) in [6.45, 7) is 2.58. The number of allylic oxidation sites excluding steroid dienone is 1. The Labute approximate surface area is 72.0 Å². The number of ether oxygens (including phenoxy) is 1. The molecule has 1 unspecified atom stereocenters. The lowest BCUT2D eigenvalue weighted by Crippen LogP contribution is -2.10. The molecule has 1 atom stereocenters. The van der Waals surface area contributed by atoms with E-state index in [0.717, 1.165) is 5.76 Å². The first-order chi connectivity index (χ1) is 5.24. The van der Waals surface area contributed by atoms with Crippen LogP contribution in [0.4, 0.5) is 0 Å². The SMILES string of the molecule is CCOC1=CCC(O)C(S)=C1. The van der Waals surface area contributed by atoms with E-state index in [-0.39, 0.29) is 0 Å². The molecule has 0 bridgehead atoms. The van der Waals surface area contributed by atoms with Gasteiger partial charge < -0.3 is 9.84 Å². The number of hydrogen-bond acceptors (Lipinski definition) is 3. The molecule has 1 rings (SSSR count). The Kier molecular flexibility index (Phi) is 3.02. The van der Waals surface area contributed by atoms with Gasteiger partial charge in [-0.3, -0.25) is 0 Å². The number of aliphatic hydroxyl groups excluding tert-OH is 1. The average Bonchev–Trinajstić information content (AvgIpc) is 1.98. The Hall–Kier alpha value is -0.410. The fourth-order valence-electron chi connectivity index (χ4n) is 0.917. The minimum atomic E-state index is -0.442. The molecule has 0 spiro atoms. The average molecular weight is 172 g/mol. The second-order valence-corrected chi connectivity index (χ2v) is 2.88. The molecule has 0 saturated carbocycles. The van der Waals surface area contributed by atoms with Gasteiger partial charge >= 0.3 is 0 Å². The van der Waals surface area contributed by atoms with E-state index in [4.69, 9.17) is 4.74 Å². The van der Waals surface area contributed by atoms with E-state index in [1.54, 1.807) is 6.08 Å². The van der Waals surface area contributed by atoms with Crippen LogP contribution in [0.1, 0.15) is 13.3 Å². The van der Waals surface area contributed by atoms with E-state index >= 15 is 0 Å². The zero-order chi connectivity index (χ0) is 8.27. The van der Waals surface area contributed by atoms with Gasteiger partial charge in [-0.05, 0) is 25.5 Å². The highest BCUT2D eigenvalue weighted by atomic mass is 32.1. The van der Waals surface area contributed by atoms with E-state index in [2.05, 4.69) is 12.6 Å². The molecule has 0 aromatic rings.